The number of pyridine rings is 1. The van der Waals surface area contributed by atoms with Crippen molar-refractivity contribution >= 4 is 5.97 Å². The smallest absolute Gasteiger partial charge is 0.416 e. The van der Waals surface area contributed by atoms with Crippen molar-refractivity contribution in [2.24, 2.45) is 0 Å². The van der Waals surface area contributed by atoms with Crippen molar-refractivity contribution in [3.05, 3.63) is 93.3 Å². The number of carbonyl (C=O) groups excluding carboxylic acids is 1. The number of ether oxygens (including phenoxy) is 1. The van der Waals surface area contributed by atoms with Gasteiger partial charge < -0.3 is 9.72 Å². The van der Waals surface area contributed by atoms with Crippen LogP contribution in [0.4, 0.5) is 13.2 Å². The molecule has 0 aliphatic heterocycles. The van der Waals surface area contributed by atoms with Gasteiger partial charge in [-0.1, -0.05) is 42.5 Å². The molecule has 1 N–H and O–H groups in total. The second kappa shape index (κ2) is 8.34. The molecule has 1 heterocycles. The Labute approximate surface area is 165 Å². The average molecular weight is 401 g/mol. The molecule has 7 heteroatoms. The summed E-state index contributed by atoms with van der Waals surface area (Å²) in [6.45, 7) is 1.84. The van der Waals surface area contributed by atoms with Crippen LogP contribution >= 0.6 is 0 Å². The number of carbonyl (C=O) groups is 1. The molecule has 0 saturated carbocycles. The monoisotopic (exact) mass is 401 g/mol. The third kappa shape index (κ3) is 4.74. The van der Waals surface area contributed by atoms with E-state index < -0.39 is 23.3 Å². The molecule has 4 nitrogen and oxygen atoms in total. The molecule has 0 aliphatic carbocycles. The Morgan fingerprint density at radius 1 is 1.03 bits per heavy atom. The van der Waals surface area contributed by atoms with Gasteiger partial charge in [0.05, 0.1) is 23.4 Å². The van der Waals surface area contributed by atoms with Crippen LogP contribution in [-0.2, 0) is 17.3 Å². The van der Waals surface area contributed by atoms with E-state index in [0.717, 1.165) is 12.1 Å². The number of halogens is 3. The molecule has 2 aromatic carbocycles. The first-order valence-corrected chi connectivity index (χ1v) is 8.94. The van der Waals surface area contributed by atoms with E-state index in [4.69, 9.17) is 4.74 Å². The zero-order valence-corrected chi connectivity index (χ0v) is 15.5. The highest BCUT2D eigenvalue weighted by molar-refractivity contribution is 5.96. The molecular weight excluding hydrogens is 383 g/mol. The fourth-order valence-corrected chi connectivity index (χ4v) is 2.94. The summed E-state index contributed by atoms with van der Waals surface area (Å²) in [6.07, 6.45) is -4.35. The van der Waals surface area contributed by atoms with Crippen molar-refractivity contribution in [2.75, 3.05) is 6.61 Å². The SMILES string of the molecule is CCOC(=O)c1cc(Cc2ccc(C(F)(F)F)cc2)c(=O)[nH]c1-c1ccccc1. The lowest BCUT2D eigenvalue weighted by molar-refractivity contribution is -0.137. The van der Waals surface area contributed by atoms with Crippen molar-refractivity contribution in [1.29, 1.82) is 0 Å². The van der Waals surface area contributed by atoms with Gasteiger partial charge in [-0.3, -0.25) is 4.79 Å². The Bertz CT molecular complexity index is 1060. The third-order valence-corrected chi connectivity index (χ3v) is 4.35. The molecule has 0 radical (unpaired) electrons. The topological polar surface area (TPSA) is 59.2 Å². The molecule has 3 rings (SSSR count). The van der Waals surface area contributed by atoms with Gasteiger partial charge in [0.15, 0.2) is 0 Å². The summed E-state index contributed by atoms with van der Waals surface area (Å²) in [5.74, 6) is -0.587. The lowest BCUT2D eigenvalue weighted by Crippen LogP contribution is -2.19. The summed E-state index contributed by atoms with van der Waals surface area (Å²) in [5, 5.41) is 0. The average Bonchev–Trinajstić information content (AvgIpc) is 2.70. The number of hydrogen-bond acceptors (Lipinski definition) is 3. The van der Waals surface area contributed by atoms with Crippen LogP contribution in [0.2, 0.25) is 0 Å². The highest BCUT2D eigenvalue weighted by atomic mass is 19.4. The minimum absolute atomic E-state index is 0.0783. The van der Waals surface area contributed by atoms with E-state index in [0.29, 0.717) is 16.8 Å². The Hall–Kier alpha value is -3.35. The zero-order valence-electron chi connectivity index (χ0n) is 15.5. The molecule has 0 unspecified atom stereocenters. The van der Waals surface area contributed by atoms with E-state index in [1.54, 1.807) is 31.2 Å². The molecule has 150 valence electrons. The number of aromatic nitrogens is 1. The standard InChI is InChI=1S/C22H18F3NO3/c1-2-29-21(28)18-13-16(12-14-8-10-17(11-9-14)22(23,24)25)20(27)26-19(18)15-6-4-3-5-7-15/h3-11,13H,2,12H2,1H3,(H,26,27). The summed E-state index contributed by atoms with van der Waals surface area (Å²) in [6, 6.07) is 14.9. The minimum Gasteiger partial charge on any atom is -0.462 e. The van der Waals surface area contributed by atoms with Crippen LogP contribution in [0.1, 0.15) is 34.0 Å². The van der Waals surface area contributed by atoms with Gasteiger partial charge in [-0.2, -0.15) is 13.2 Å². The summed E-state index contributed by atoms with van der Waals surface area (Å²) < 4.78 is 43.3. The number of hydrogen-bond donors (Lipinski definition) is 1. The van der Waals surface area contributed by atoms with E-state index in [2.05, 4.69) is 4.98 Å². The predicted molar refractivity (Wildman–Crippen MR) is 103 cm³/mol. The molecule has 0 aliphatic rings. The van der Waals surface area contributed by atoms with Crippen LogP contribution in [-0.4, -0.2) is 17.6 Å². The highest BCUT2D eigenvalue weighted by Crippen LogP contribution is 2.29. The summed E-state index contributed by atoms with van der Waals surface area (Å²) in [7, 11) is 0. The van der Waals surface area contributed by atoms with Gasteiger partial charge in [-0.25, -0.2) is 4.79 Å². The van der Waals surface area contributed by atoms with Gasteiger partial charge in [0.1, 0.15) is 0 Å². The van der Waals surface area contributed by atoms with Gasteiger partial charge in [0, 0.05) is 12.0 Å². The van der Waals surface area contributed by atoms with E-state index >= 15 is 0 Å². The zero-order chi connectivity index (χ0) is 21.0. The normalized spacial score (nSPS) is 11.3. The van der Waals surface area contributed by atoms with Crippen LogP contribution in [0.15, 0.2) is 65.5 Å². The van der Waals surface area contributed by atoms with Crippen LogP contribution in [0.3, 0.4) is 0 Å². The fourth-order valence-electron chi connectivity index (χ4n) is 2.94. The number of nitrogens with one attached hydrogen (secondary N) is 1. The van der Waals surface area contributed by atoms with E-state index in [1.807, 2.05) is 6.07 Å². The molecule has 0 spiro atoms. The first kappa shape index (κ1) is 20.4. The molecule has 0 fully saturated rings. The van der Waals surface area contributed by atoms with Crippen molar-refractivity contribution in [1.82, 2.24) is 4.98 Å². The number of esters is 1. The summed E-state index contributed by atoms with van der Waals surface area (Å²) >= 11 is 0. The number of H-pyrrole nitrogens is 1. The van der Waals surface area contributed by atoms with Crippen LogP contribution in [0.5, 0.6) is 0 Å². The molecule has 1 aromatic heterocycles. The predicted octanol–water partition coefficient (Wildman–Crippen LogP) is 4.83. The Kier molecular flexibility index (Phi) is 5.87. The lowest BCUT2D eigenvalue weighted by atomic mass is 10.00. The molecule has 0 atom stereocenters. The number of rotatable bonds is 5. The first-order valence-electron chi connectivity index (χ1n) is 8.94. The van der Waals surface area contributed by atoms with Crippen molar-refractivity contribution in [3.8, 4) is 11.3 Å². The molecule has 0 amide bonds. The Morgan fingerprint density at radius 3 is 2.28 bits per heavy atom. The number of alkyl halides is 3. The van der Waals surface area contributed by atoms with E-state index in [-0.39, 0.29) is 24.2 Å². The molecule has 0 saturated heterocycles. The highest BCUT2D eigenvalue weighted by Gasteiger charge is 2.30. The van der Waals surface area contributed by atoms with Crippen LogP contribution in [0, 0.1) is 0 Å². The third-order valence-electron chi connectivity index (χ3n) is 4.35. The maximum Gasteiger partial charge on any atom is 0.416 e. The van der Waals surface area contributed by atoms with E-state index in [9.17, 15) is 22.8 Å². The van der Waals surface area contributed by atoms with Gasteiger partial charge in [0.25, 0.3) is 5.56 Å². The van der Waals surface area contributed by atoms with Crippen LogP contribution < -0.4 is 5.56 Å². The molecular formula is C22H18F3NO3. The summed E-state index contributed by atoms with van der Waals surface area (Å²) in [5.41, 5.74) is 0.773. The summed E-state index contributed by atoms with van der Waals surface area (Å²) in [4.78, 5) is 27.7. The Morgan fingerprint density at radius 2 is 1.69 bits per heavy atom. The van der Waals surface area contributed by atoms with Gasteiger partial charge in [-0.05, 0) is 36.2 Å². The van der Waals surface area contributed by atoms with Crippen LogP contribution in [0.25, 0.3) is 11.3 Å². The van der Waals surface area contributed by atoms with Gasteiger partial charge in [0.2, 0.25) is 0 Å². The second-order valence-electron chi connectivity index (χ2n) is 6.37. The fraction of sp³-hybridized carbons (Fsp3) is 0.182. The van der Waals surface area contributed by atoms with Gasteiger partial charge in [-0.15, -0.1) is 0 Å². The largest absolute Gasteiger partial charge is 0.462 e. The second-order valence-corrected chi connectivity index (χ2v) is 6.37. The number of benzene rings is 2. The molecule has 29 heavy (non-hydrogen) atoms. The lowest BCUT2D eigenvalue weighted by Gasteiger charge is -2.12. The number of aromatic amines is 1. The first-order chi connectivity index (χ1) is 13.8. The maximum absolute atomic E-state index is 12.7. The quantitative estimate of drug-likeness (QED) is 0.623. The molecule has 0 bridgehead atoms. The van der Waals surface area contributed by atoms with Crippen molar-refractivity contribution in [3.63, 3.8) is 0 Å². The molecule has 3 aromatic rings. The van der Waals surface area contributed by atoms with Crippen molar-refractivity contribution < 1.29 is 22.7 Å². The van der Waals surface area contributed by atoms with E-state index in [1.165, 1.54) is 18.2 Å². The van der Waals surface area contributed by atoms with Gasteiger partial charge >= 0.3 is 12.1 Å². The Balaban J connectivity index is 2.01. The van der Waals surface area contributed by atoms with Crippen molar-refractivity contribution in [2.45, 2.75) is 19.5 Å². The minimum atomic E-state index is -4.43. The maximum atomic E-state index is 12.7.